The largest absolute Gasteiger partial charge is 0.497 e. The Hall–Kier alpha value is -1.26. The molecule has 2 rings (SSSR count). The zero-order valence-electron chi connectivity index (χ0n) is 16.1. The van der Waals surface area contributed by atoms with Crippen LogP contribution in [0.5, 0.6) is 5.75 Å². The molecule has 0 saturated carbocycles. The second-order valence-electron chi connectivity index (χ2n) is 5.85. The van der Waals surface area contributed by atoms with Crippen LogP contribution in [-0.2, 0) is 13.0 Å². The van der Waals surface area contributed by atoms with Crippen molar-refractivity contribution in [3.05, 3.63) is 39.9 Å². The molecule has 6 nitrogen and oxygen atoms in total. The van der Waals surface area contributed by atoms with Gasteiger partial charge in [0.2, 0.25) is 0 Å². The Morgan fingerprint density at radius 2 is 2.11 bits per heavy atom. The number of thiazole rings is 1. The summed E-state index contributed by atoms with van der Waals surface area (Å²) in [6, 6.07) is 5.75. The molecular formula is C18H27ClIN5OS. The standard InChI is InChI=1S/C18H26ClN5OS.HI/c1-5-20-17(22-11-14-12-26-18(23-14)24(2)3)21-9-8-13-6-7-15(25-4)10-16(13)19;/h6-7,10,12H,5,8-9,11H2,1-4H3,(H2,20,21,22);1H. The lowest BCUT2D eigenvalue weighted by atomic mass is 10.1. The molecule has 27 heavy (non-hydrogen) atoms. The van der Waals surface area contributed by atoms with E-state index in [0.717, 1.165) is 47.6 Å². The summed E-state index contributed by atoms with van der Waals surface area (Å²) in [5, 5.41) is 10.3. The van der Waals surface area contributed by atoms with Crippen LogP contribution in [0.2, 0.25) is 5.02 Å². The molecule has 2 aromatic rings. The SMILES string of the molecule is CCNC(=NCc1csc(N(C)C)n1)NCCc1ccc(OC)cc1Cl.I. The minimum absolute atomic E-state index is 0. The number of benzene rings is 1. The van der Waals surface area contributed by atoms with Crippen molar-refractivity contribution in [3.63, 3.8) is 0 Å². The Balaban J connectivity index is 0.00000364. The van der Waals surface area contributed by atoms with Gasteiger partial charge in [0, 0.05) is 37.6 Å². The number of aromatic nitrogens is 1. The Kier molecular flexibility index (Phi) is 10.8. The van der Waals surface area contributed by atoms with Gasteiger partial charge in [-0.15, -0.1) is 35.3 Å². The van der Waals surface area contributed by atoms with E-state index in [-0.39, 0.29) is 24.0 Å². The molecule has 0 spiro atoms. The summed E-state index contributed by atoms with van der Waals surface area (Å²) in [5.41, 5.74) is 2.04. The molecule has 1 aromatic heterocycles. The fourth-order valence-corrected chi connectivity index (χ4v) is 3.26. The van der Waals surface area contributed by atoms with E-state index in [4.69, 9.17) is 16.3 Å². The summed E-state index contributed by atoms with van der Waals surface area (Å²) in [5.74, 6) is 1.54. The number of rotatable bonds is 8. The highest BCUT2D eigenvalue weighted by molar-refractivity contribution is 14.0. The molecule has 0 aliphatic heterocycles. The van der Waals surface area contributed by atoms with Gasteiger partial charge < -0.3 is 20.3 Å². The van der Waals surface area contributed by atoms with Crippen LogP contribution >= 0.6 is 46.9 Å². The van der Waals surface area contributed by atoms with E-state index in [0.29, 0.717) is 11.6 Å². The zero-order valence-corrected chi connectivity index (χ0v) is 20.0. The molecule has 1 aromatic carbocycles. The minimum Gasteiger partial charge on any atom is -0.497 e. The first kappa shape index (κ1) is 23.8. The fourth-order valence-electron chi connectivity index (χ4n) is 2.25. The molecule has 9 heteroatoms. The summed E-state index contributed by atoms with van der Waals surface area (Å²) in [4.78, 5) is 11.2. The van der Waals surface area contributed by atoms with Crippen LogP contribution in [0.1, 0.15) is 18.2 Å². The summed E-state index contributed by atoms with van der Waals surface area (Å²) in [7, 11) is 5.61. The summed E-state index contributed by atoms with van der Waals surface area (Å²) < 4.78 is 5.18. The second-order valence-corrected chi connectivity index (χ2v) is 7.09. The van der Waals surface area contributed by atoms with E-state index in [1.165, 1.54) is 0 Å². The zero-order chi connectivity index (χ0) is 18.9. The molecule has 0 saturated heterocycles. The first-order valence-corrected chi connectivity index (χ1v) is 9.75. The predicted molar refractivity (Wildman–Crippen MR) is 126 cm³/mol. The number of anilines is 1. The van der Waals surface area contributed by atoms with Crippen molar-refractivity contribution in [2.75, 3.05) is 39.2 Å². The molecule has 2 N–H and O–H groups in total. The van der Waals surface area contributed by atoms with Crippen molar-refractivity contribution >= 4 is 58.0 Å². The van der Waals surface area contributed by atoms with Crippen LogP contribution in [0.15, 0.2) is 28.6 Å². The third-order valence-electron chi connectivity index (χ3n) is 3.61. The smallest absolute Gasteiger partial charge is 0.191 e. The number of hydrogen-bond acceptors (Lipinski definition) is 5. The molecule has 0 aliphatic rings. The highest BCUT2D eigenvalue weighted by atomic mass is 127. The molecule has 0 unspecified atom stereocenters. The lowest BCUT2D eigenvalue weighted by Gasteiger charge is -2.12. The molecule has 150 valence electrons. The van der Waals surface area contributed by atoms with Gasteiger partial charge in [0.25, 0.3) is 0 Å². The summed E-state index contributed by atoms with van der Waals surface area (Å²) in [6.07, 6.45) is 0.800. The van der Waals surface area contributed by atoms with Gasteiger partial charge in [0.05, 0.1) is 19.3 Å². The maximum Gasteiger partial charge on any atom is 0.191 e. The van der Waals surface area contributed by atoms with Crippen molar-refractivity contribution < 1.29 is 4.74 Å². The van der Waals surface area contributed by atoms with Crippen molar-refractivity contribution in [1.29, 1.82) is 0 Å². The van der Waals surface area contributed by atoms with Crippen LogP contribution in [0.25, 0.3) is 0 Å². The van der Waals surface area contributed by atoms with Gasteiger partial charge in [-0.1, -0.05) is 17.7 Å². The fraction of sp³-hybridized carbons (Fsp3) is 0.444. The van der Waals surface area contributed by atoms with Gasteiger partial charge in [-0.2, -0.15) is 0 Å². The number of nitrogens with one attached hydrogen (secondary N) is 2. The average Bonchev–Trinajstić information content (AvgIpc) is 3.10. The number of hydrogen-bond donors (Lipinski definition) is 2. The van der Waals surface area contributed by atoms with E-state index in [1.807, 2.05) is 49.5 Å². The van der Waals surface area contributed by atoms with Crippen LogP contribution in [-0.4, -0.2) is 45.2 Å². The number of aliphatic imine (C=N–C) groups is 1. The van der Waals surface area contributed by atoms with Gasteiger partial charge >= 0.3 is 0 Å². The number of nitrogens with zero attached hydrogens (tertiary/aromatic N) is 3. The second kappa shape index (κ2) is 12.2. The Morgan fingerprint density at radius 3 is 2.70 bits per heavy atom. The van der Waals surface area contributed by atoms with Gasteiger partial charge in [-0.05, 0) is 31.0 Å². The van der Waals surface area contributed by atoms with Crippen LogP contribution in [0, 0.1) is 0 Å². The average molecular weight is 524 g/mol. The van der Waals surface area contributed by atoms with E-state index >= 15 is 0 Å². The predicted octanol–water partition coefficient (Wildman–Crippen LogP) is 3.79. The minimum atomic E-state index is 0. The van der Waals surface area contributed by atoms with Crippen molar-refractivity contribution in [2.45, 2.75) is 19.9 Å². The van der Waals surface area contributed by atoms with Gasteiger partial charge in [-0.3, -0.25) is 0 Å². The monoisotopic (exact) mass is 523 g/mol. The van der Waals surface area contributed by atoms with Crippen LogP contribution < -0.4 is 20.3 Å². The first-order chi connectivity index (χ1) is 12.5. The lowest BCUT2D eigenvalue weighted by molar-refractivity contribution is 0.414. The van der Waals surface area contributed by atoms with Gasteiger partial charge in [-0.25, -0.2) is 9.98 Å². The highest BCUT2D eigenvalue weighted by Crippen LogP contribution is 2.22. The first-order valence-electron chi connectivity index (χ1n) is 8.49. The topological polar surface area (TPSA) is 61.8 Å². The third kappa shape index (κ3) is 7.71. The van der Waals surface area contributed by atoms with Crippen LogP contribution in [0.3, 0.4) is 0 Å². The summed E-state index contributed by atoms with van der Waals surface area (Å²) >= 11 is 7.91. The molecular weight excluding hydrogens is 497 g/mol. The number of halogens is 2. The van der Waals surface area contributed by atoms with E-state index in [9.17, 15) is 0 Å². The molecule has 0 bridgehead atoms. The van der Waals surface area contributed by atoms with Crippen molar-refractivity contribution in [3.8, 4) is 5.75 Å². The number of ether oxygens (including phenoxy) is 1. The highest BCUT2D eigenvalue weighted by Gasteiger charge is 2.05. The molecule has 0 atom stereocenters. The van der Waals surface area contributed by atoms with Crippen molar-refractivity contribution in [1.82, 2.24) is 15.6 Å². The van der Waals surface area contributed by atoms with E-state index in [2.05, 4.69) is 20.6 Å². The van der Waals surface area contributed by atoms with E-state index in [1.54, 1.807) is 18.4 Å². The van der Waals surface area contributed by atoms with Gasteiger partial charge in [0.1, 0.15) is 5.75 Å². The quantitative estimate of drug-likeness (QED) is 0.313. The normalized spacial score (nSPS) is 10.9. The maximum absolute atomic E-state index is 6.29. The number of guanidine groups is 1. The summed E-state index contributed by atoms with van der Waals surface area (Å²) in [6.45, 7) is 4.13. The van der Waals surface area contributed by atoms with Gasteiger partial charge in [0.15, 0.2) is 11.1 Å². The molecule has 0 radical (unpaired) electrons. The van der Waals surface area contributed by atoms with Crippen LogP contribution in [0.4, 0.5) is 5.13 Å². The Labute approximate surface area is 187 Å². The molecule has 0 fully saturated rings. The third-order valence-corrected chi connectivity index (χ3v) is 5.02. The van der Waals surface area contributed by atoms with Crippen molar-refractivity contribution in [2.24, 2.45) is 4.99 Å². The molecule has 1 heterocycles. The van der Waals surface area contributed by atoms with E-state index < -0.39 is 0 Å². The maximum atomic E-state index is 6.29. The molecule has 0 amide bonds. The molecule has 0 aliphatic carbocycles. The Bertz CT molecular complexity index is 738. The lowest BCUT2D eigenvalue weighted by Crippen LogP contribution is -2.38. The Morgan fingerprint density at radius 1 is 1.33 bits per heavy atom. The number of methoxy groups -OCH3 is 1.